The first-order valence-electron chi connectivity index (χ1n) is 8.72. The Bertz CT molecular complexity index is 1110. The topological polar surface area (TPSA) is 86.9 Å². The average molecular weight is 411 g/mol. The minimum atomic E-state index is -0.689. The van der Waals surface area contributed by atoms with Crippen LogP contribution < -0.4 is 10.6 Å². The van der Waals surface area contributed by atoms with E-state index in [4.69, 9.17) is 0 Å². The monoisotopic (exact) mass is 410 g/mol. The lowest BCUT2D eigenvalue weighted by Gasteiger charge is -2.16. The number of thiazole rings is 1. The van der Waals surface area contributed by atoms with Gasteiger partial charge in [-0.1, -0.05) is 24.3 Å². The van der Waals surface area contributed by atoms with Gasteiger partial charge in [0.15, 0.2) is 5.13 Å². The van der Waals surface area contributed by atoms with E-state index in [2.05, 4.69) is 20.6 Å². The van der Waals surface area contributed by atoms with E-state index in [1.54, 1.807) is 11.3 Å². The number of carbonyl (C=O) groups is 2. The molecule has 1 unspecified atom stereocenters. The van der Waals surface area contributed by atoms with Crippen LogP contribution in [-0.4, -0.2) is 27.8 Å². The minimum Gasteiger partial charge on any atom is -0.361 e. The summed E-state index contributed by atoms with van der Waals surface area (Å²) in [5.74, 6) is -0.536. The largest absolute Gasteiger partial charge is 0.361 e. The summed E-state index contributed by atoms with van der Waals surface area (Å²) in [5.41, 5.74) is 2.81. The van der Waals surface area contributed by atoms with Crippen molar-refractivity contribution in [3.63, 3.8) is 0 Å². The molecule has 3 heterocycles. The van der Waals surface area contributed by atoms with Gasteiger partial charge in [0.25, 0.3) is 0 Å². The maximum Gasteiger partial charge on any atom is 0.249 e. The van der Waals surface area contributed by atoms with Crippen LogP contribution >= 0.6 is 22.7 Å². The molecule has 3 N–H and O–H groups in total. The second kappa shape index (κ2) is 7.95. The van der Waals surface area contributed by atoms with Gasteiger partial charge in [-0.25, -0.2) is 4.98 Å². The van der Waals surface area contributed by atoms with Gasteiger partial charge in [-0.05, 0) is 23.1 Å². The number of para-hydroxylation sites is 1. The number of nitrogens with zero attached hydrogens (tertiary/aromatic N) is 1. The van der Waals surface area contributed by atoms with Crippen molar-refractivity contribution in [2.24, 2.45) is 0 Å². The van der Waals surface area contributed by atoms with Gasteiger partial charge < -0.3 is 15.6 Å². The summed E-state index contributed by atoms with van der Waals surface area (Å²) in [6.45, 7) is 1.41. The molecule has 4 aromatic rings. The van der Waals surface area contributed by atoms with Crippen molar-refractivity contribution in [2.45, 2.75) is 19.4 Å². The highest BCUT2D eigenvalue weighted by Crippen LogP contribution is 2.28. The second-order valence-electron chi connectivity index (χ2n) is 6.32. The number of hydrogen-bond donors (Lipinski definition) is 3. The fourth-order valence-corrected chi connectivity index (χ4v) is 4.51. The Morgan fingerprint density at radius 3 is 2.82 bits per heavy atom. The Morgan fingerprint density at radius 1 is 1.18 bits per heavy atom. The molecular formula is C20H18N4O2S2. The van der Waals surface area contributed by atoms with Gasteiger partial charge in [0, 0.05) is 35.8 Å². The molecule has 1 atom stereocenters. The number of nitrogens with one attached hydrogen (secondary N) is 3. The van der Waals surface area contributed by atoms with Crippen LogP contribution in [0.15, 0.2) is 53.4 Å². The van der Waals surface area contributed by atoms with E-state index in [0.717, 1.165) is 27.0 Å². The molecule has 0 saturated carbocycles. The number of H-pyrrole nitrogens is 1. The average Bonchev–Trinajstić information content (AvgIpc) is 3.42. The van der Waals surface area contributed by atoms with E-state index in [1.807, 2.05) is 53.4 Å². The summed E-state index contributed by atoms with van der Waals surface area (Å²) in [7, 11) is 0. The van der Waals surface area contributed by atoms with Crippen LogP contribution in [0.4, 0.5) is 5.13 Å². The van der Waals surface area contributed by atoms with Gasteiger partial charge in [-0.2, -0.15) is 0 Å². The van der Waals surface area contributed by atoms with Gasteiger partial charge in [0.05, 0.1) is 10.6 Å². The van der Waals surface area contributed by atoms with Crippen LogP contribution in [0, 0.1) is 0 Å². The Labute approximate surface area is 169 Å². The SMILES string of the molecule is CC(=O)NC(Cc1c[nH]c2ccccc12)C(=O)Nc1nc(-c2cccs2)cs1. The molecule has 6 nitrogen and oxygen atoms in total. The molecule has 0 spiro atoms. The number of amides is 2. The third-order valence-electron chi connectivity index (χ3n) is 4.30. The number of aromatic amines is 1. The quantitative estimate of drug-likeness (QED) is 0.448. The summed E-state index contributed by atoms with van der Waals surface area (Å²) in [6.07, 6.45) is 2.27. The maximum atomic E-state index is 12.8. The number of hydrogen-bond acceptors (Lipinski definition) is 5. The standard InChI is InChI=1S/C20H18N4O2S2/c1-12(25)22-16(9-13-10-21-15-6-3-2-5-14(13)15)19(26)24-20-23-17(11-28-20)18-7-4-8-27-18/h2-8,10-11,16,21H,9H2,1H3,(H,22,25)(H,23,24,26). The zero-order valence-electron chi connectivity index (χ0n) is 15.1. The van der Waals surface area contributed by atoms with E-state index in [1.165, 1.54) is 18.3 Å². The highest BCUT2D eigenvalue weighted by Gasteiger charge is 2.22. The molecular weight excluding hydrogens is 392 g/mol. The van der Waals surface area contributed by atoms with E-state index in [-0.39, 0.29) is 11.8 Å². The molecule has 4 rings (SSSR count). The van der Waals surface area contributed by atoms with Gasteiger partial charge >= 0.3 is 0 Å². The van der Waals surface area contributed by atoms with Crippen LogP contribution in [0.3, 0.4) is 0 Å². The number of fused-ring (bicyclic) bond motifs is 1. The van der Waals surface area contributed by atoms with Gasteiger partial charge in [-0.15, -0.1) is 22.7 Å². The molecule has 28 heavy (non-hydrogen) atoms. The third-order valence-corrected chi connectivity index (χ3v) is 5.95. The summed E-state index contributed by atoms with van der Waals surface area (Å²) >= 11 is 2.97. The van der Waals surface area contributed by atoms with Crippen LogP contribution in [0.5, 0.6) is 0 Å². The smallest absolute Gasteiger partial charge is 0.249 e. The van der Waals surface area contributed by atoms with Crippen LogP contribution in [0.25, 0.3) is 21.5 Å². The van der Waals surface area contributed by atoms with Crippen molar-refractivity contribution < 1.29 is 9.59 Å². The third kappa shape index (κ3) is 3.97. The van der Waals surface area contributed by atoms with Crippen molar-refractivity contribution >= 4 is 50.5 Å². The number of aromatic nitrogens is 2. The summed E-state index contributed by atoms with van der Waals surface area (Å²) in [4.78, 5) is 33.2. The Kier molecular flexibility index (Phi) is 5.23. The lowest BCUT2D eigenvalue weighted by molar-refractivity contribution is -0.125. The highest BCUT2D eigenvalue weighted by atomic mass is 32.1. The van der Waals surface area contributed by atoms with Crippen molar-refractivity contribution in [1.29, 1.82) is 0 Å². The molecule has 0 bridgehead atoms. The van der Waals surface area contributed by atoms with Crippen molar-refractivity contribution in [3.8, 4) is 10.6 Å². The molecule has 0 aliphatic carbocycles. The zero-order chi connectivity index (χ0) is 19.5. The molecule has 2 amide bonds. The molecule has 0 fully saturated rings. The molecule has 142 valence electrons. The van der Waals surface area contributed by atoms with Crippen molar-refractivity contribution in [3.05, 3.63) is 58.9 Å². The van der Waals surface area contributed by atoms with Crippen LogP contribution in [0.2, 0.25) is 0 Å². The molecule has 1 aromatic carbocycles. The van der Waals surface area contributed by atoms with Gasteiger partial charge in [0.2, 0.25) is 11.8 Å². The Balaban J connectivity index is 1.52. The van der Waals surface area contributed by atoms with Crippen LogP contribution in [0.1, 0.15) is 12.5 Å². The predicted molar refractivity (Wildman–Crippen MR) is 114 cm³/mol. The van der Waals surface area contributed by atoms with E-state index < -0.39 is 6.04 Å². The number of rotatable bonds is 6. The number of thiophene rings is 1. The molecule has 0 saturated heterocycles. The highest BCUT2D eigenvalue weighted by molar-refractivity contribution is 7.16. The number of benzene rings is 1. The van der Waals surface area contributed by atoms with E-state index >= 15 is 0 Å². The maximum absolute atomic E-state index is 12.8. The first kappa shape index (κ1) is 18.4. The lowest BCUT2D eigenvalue weighted by atomic mass is 10.0. The van der Waals surface area contributed by atoms with E-state index in [0.29, 0.717) is 11.6 Å². The first-order chi connectivity index (χ1) is 13.6. The van der Waals surface area contributed by atoms with Gasteiger partial charge in [0.1, 0.15) is 6.04 Å². The van der Waals surface area contributed by atoms with Gasteiger partial charge in [-0.3, -0.25) is 9.59 Å². The number of anilines is 1. The Hall–Kier alpha value is -2.97. The molecule has 0 radical (unpaired) electrons. The lowest BCUT2D eigenvalue weighted by Crippen LogP contribution is -2.44. The molecule has 8 heteroatoms. The fourth-order valence-electron chi connectivity index (χ4n) is 3.04. The summed E-state index contributed by atoms with van der Waals surface area (Å²) in [5, 5.41) is 11.0. The molecule has 0 aliphatic heterocycles. The van der Waals surface area contributed by atoms with Crippen molar-refractivity contribution in [1.82, 2.24) is 15.3 Å². The van der Waals surface area contributed by atoms with E-state index in [9.17, 15) is 9.59 Å². The zero-order valence-corrected chi connectivity index (χ0v) is 16.7. The van der Waals surface area contributed by atoms with Crippen LogP contribution in [-0.2, 0) is 16.0 Å². The minimum absolute atomic E-state index is 0.251. The molecule has 0 aliphatic rings. The number of carbonyl (C=O) groups excluding carboxylic acids is 2. The Morgan fingerprint density at radius 2 is 2.04 bits per heavy atom. The fraction of sp³-hybridized carbons (Fsp3) is 0.150. The predicted octanol–water partition coefficient (Wildman–Crippen LogP) is 4.04. The second-order valence-corrected chi connectivity index (χ2v) is 8.13. The first-order valence-corrected chi connectivity index (χ1v) is 10.5. The summed E-state index contributed by atoms with van der Waals surface area (Å²) < 4.78 is 0. The molecule has 3 aromatic heterocycles. The summed E-state index contributed by atoms with van der Waals surface area (Å²) in [6, 6.07) is 11.1. The van der Waals surface area contributed by atoms with Crippen molar-refractivity contribution in [2.75, 3.05) is 5.32 Å². The normalized spacial score (nSPS) is 12.0.